The van der Waals surface area contributed by atoms with Gasteiger partial charge in [-0.1, -0.05) is 154 Å². The van der Waals surface area contributed by atoms with Crippen LogP contribution in [0.5, 0.6) is 0 Å². The summed E-state index contributed by atoms with van der Waals surface area (Å²) < 4.78 is 0. The number of rotatable bonds is 26. The van der Waals surface area contributed by atoms with Crippen LogP contribution in [0.2, 0.25) is 0 Å². The van der Waals surface area contributed by atoms with E-state index in [9.17, 15) is 0 Å². The first kappa shape index (κ1) is 42.3. The normalized spacial score (nSPS) is 18.4. The molecule has 0 saturated heterocycles. The second-order valence-corrected chi connectivity index (χ2v) is 21.1. The average Bonchev–Trinajstić information content (AvgIpc) is 4.03. The summed E-state index contributed by atoms with van der Waals surface area (Å²) in [5, 5.41) is 11.7. The molecule has 6 rings (SSSR count). The van der Waals surface area contributed by atoms with Gasteiger partial charge in [-0.15, -0.1) is 68.9 Å². The van der Waals surface area contributed by atoms with Gasteiger partial charge in [0, 0.05) is 51.8 Å². The summed E-state index contributed by atoms with van der Waals surface area (Å²) in [6.45, 7) is 4.63. The van der Waals surface area contributed by atoms with Crippen molar-refractivity contribution in [3.63, 3.8) is 0 Å². The summed E-state index contributed by atoms with van der Waals surface area (Å²) in [7, 11) is 0. The zero-order valence-corrected chi connectivity index (χ0v) is 38.0. The predicted molar refractivity (Wildman–Crippen MR) is 253 cm³/mol. The van der Waals surface area contributed by atoms with Gasteiger partial charge in [0.2, 0.25) is 0 Å². The SMILES string of the molecule is CCCCCCCCCCCCC1=CCSC1=C1SC=CC1(CCCCCCCCCCCC)c1sccc1-c1sccc1-c1sccc1-c1cccs1. The molecule has 0 spiro atoms. The first-order valence-corrected chi connectivity index (χ1v) is 26.8. The summed E-state index contributed by atoms with van der Waals surface area (Å²) >= 11 is 11.9. The van der Waals surface area contributed by atoms with Gasteiger partial charge in [0.25, 0.3) is 0 Å². The summed E-state index contributed by atoms with van der Waals surface area (Å²) in [5.41, 5.74) is 5.87. The minimum absolute atomic E-state index is 0.0366. The Morgan fingerprint density at radius 1 is 0.556 bits per heavy atom. The molecule has 4 aromatic heterocycles. The van der Waals surface area contributed by atoms with Crippen LogP contribution >= 0.6 is 68.9 Å². The maximum absolute atomic E-state index is 2.63. The van der Waals surface area contributed by atoms with Gasteiger partial charge in [-0.25, -0.2) is 0 Å². The van der Waals surface area contributed by atoms with Crippen molar-refractivity contribution < 1.29 is 0 Å². The van der Waals surface area contributed by atoms with Crippen molar-refractivity contribution in [3.05, 3.63) is 89.7 Å². The molecule has 2 aliphatic rings. The third kappa shape index (κ3) is 11.2. The molecule has 1 atom stereocenters. The summed E-state index contributed by atoms with van der Waals surface area (Å²) in [4.78, 5) is 9.06. The van der Waals surface area contributed by atoms with Crippen LogP contribution in [-0.4, -0.2) is 5.75 Å². The van der Waals surface area contributed by atoms with Gasteiger partial charge in [0.15, 0.2) is 0 Å². The fourth-order valence-corrected chi connectivity index (χ4v) is 15.0. The Kier molecular flexibility index (Phi) is 18.2. The second-order valence-electron chi connectivity index (χ2n) is 15.4. The van der Waals surface area contributed by atoms with Crippen molar-refractivity contribution in [1.82, 2.24) is 0 Å². The lowest BCUT2D eigenvalue weighted by Crippen LogP contribution is -2.23. The molecule has 0 nitrogen and oxygen atoms in total. The van der Waals surface area contributed by atoms with E-state index in [1.165, 1.54) is 173 Å². The van der Waals surface area contributed by atoms with Crippen molar-refractivity contribution in [3.8, 4) is 31.3 Å². The van der Waals surface area contributed by atoms with E-state index in [-0.39, 0.29) is 5.41 Å². The lowest BCUT2D eigenvalue weighted by atomic mass is 9.78. The monoisotopic (exact) mass is 832 g/mol. The highest BCUT2D eigenvalue weighted by molar-refractivity contribution is 8.08. The maximum atomic E-state index is 2.63. The van der Waals surface area contributed by atoms with Gasteiger partial charge < -0.3 is 0 Å². The van der Waals surface area contributed by atoms with Gasteiger partial charge in [0.05, 0.1) is 5.41 Å². The number of thioether (sulfide) groups is 2. The molecule has 0 amide bonds. The molecular weight excluding hydrogens is 769 g/mol. The topological polar surface area (TPSA) is 0 Å². The smallest absolute Gasteiger partial charge is 0.0564 e. The summed E-state index contributed by atoms with van der Waals surface area (Å²) in [5.74, 6) is 1.14. The van der Waals surface area contributed by atoms with E-state index >= 15 is 0 Å². The Morgan fingerprint density at radius 3 is 1.78 bits per heavy atom. The fraction of sp³-hybridized carbons (Fsp3) is 0.542. The Balaban J connectivity index is 1.20. The average molecular weight is 833 g/mol. The molecule has 0 aromatic carbocycles. The Labute approximate surface area is 353 Å². The van der Waals surface area contributed by atoms with E-state index in [2.05, 4.69) is 95.0 Å². The van der Waals surface area contributed by atoms with Gasteiger partial charge >= 0.3 is 0 Å². The summed E-state index contributed by atoms with van der Waals surface area (Å²) in [6.07, 6.45) is 35.5. The predicted octanol–water partition coefficient (Wildman–Crippen LogP) is 18.9. The first-order valence-electron chi connectivity index (χ1n) is 21.5. The second kappa shape index (κ2) is 23.2. The molecule has 0 fully saturated rings. The van der Waals surface area contributed by atoms with Crippen molar-refractivity contribution >= 4 is 68.9 Å². The molecule has 1 unspecified atom stereocenters. The van der Waals surface area contributed by atoms with E-state index in [1.807, 2.05) is 57.1 Å². The standard InChI is InChI=1S/C48H64S6/c1-3-5-7-9-11-13-15-17-19-21-24-38-26-33-50-43(38)47-48(31-37-54-47,30-22-20-18-16-14-12-10-8-6-4-2)46-41(29-36-53-46)45-40(28-35-52-45)44-39(27-34-51-44)42-25-23-32-49-42/h23,25-29,31-32,34-37H,3-22,24,30,33H2,1-2H3. The minimum atomic E-state index is -0.0366. The Bertz CT molecular complexity index is 1740. The van der Waals surface area contributed by atoms with Crippen LogP contribution in [-0.2, 0) is 5.41 Å². The molecule has 54 heavy (non-hydrogen) atoms. The van der Waals surface area contributed by atoms with Crippen molar-refractivity contribution in [1.29, 1.82) is 0 Å². The largest absolute Gasteiger partial charge is 0.147 e. The van der Waals surface area contributed by atoms with Crippen LogP contribution in [0.15, 0.2) is 84.8 Å². The van der Waals surface area contributed by atoms with Crippen molar-refractivity contribution in [2.45, 2.75) is 161 Å². The molecule has 0 saturated carbocycles. The molecule has 0 bridgehead atoms. The van der Waals surface area contributed by atoms with Gasteiger partial charge in [-0.05, 0) is 76.0 Å². The molecule has 2 aliphatic heterocycles. The number of allylic oxidation sites excluding steroid dienone is 3. The van der Waals surface area contributed by atoms with Crippen molar-refractivity contribution in [2.24, 2.45) is 0 Å². The zero-order chi connectivity index (χ0) is 37.3. The maximum Gasteiger partial charge on any atom is 0.0564 e. The number of unbranched alkanes of at least 4 members (excludes halogenated alkanes) is 18. The molecule has 6 heterocycles. The number of hydrogen-bond acceptors (Lipinski definition) is 6. The van der Waals surface area contributed by atoms with Crippen LogP contribution in [0.1, 0.15) is 160 Å². The molecule has 0 radical (unpaired) electrons. The molecule has 292 valence electrons. The summed E-state index contributed by atoms with van der Waals surface area (Å²) in [6, 6.07) is 11.6. The third-order valence-corrected chi connectivity index (χ3v) is 17.6. The van der Waals surface area contributed by atoms with Gasteiger partial charge in [0.1, 0.15) is 0 Å². The first-order chi connectivity index (χ1) is 26.8. The van der Waals surface area contributed by atoms with E-state index in [0.29, 0.717) is 0 Å². The van der Waals surface area contributed by atoms with E-state index in [0.717, 1.165) is 5.75 Å². The zero-order valence-electron chi connectivity index (χ0n) is 33.1. The van der Waals surface area contributed by atoms with Crippen molar-refractivity contribution in [2.75, 3.05) is 5.75 Å². The van der Waals surface area contributed by atoms with Crippen LogP contribution < -0.4 is 0 Å². The van der Waals surface area contributed by atoms with Crippen LogP contribution in [0, 0.1) is 0 Å². The van der Waals surface area contributed by atoms with E-state index in [1.54, 1.807) is 20.3 Å². The number of hydrogen-bond donors (Lipinski definition) is 0. The lowest BCUT2D eigenvalue weighted by Gasteiger charge is -2.32. The number of thiophene rings is 4. The van der Waals surface area contributed by atoms with Crippen LogP contribution in [0.25, 0.3) is 31.3 Å². The van der Waals surface area contributed by atoms with E-state index < -0.39 is 0 Å². The highest BCUT2D eigenvalue weighted by Gasteiger charge is 2.43. The van der Waals surface area contributed by atoms with E-state index in [4.69, 9.17) is 0 Å². The van der Waals surface area contributed by atoms with Crippen LogP contribution in [0.3, 0.4) is 0 Å². The van der Waals surface area contributed by atoms with Gasteiger partial charge in [-0.2, -0.15) is 0 Å². The lowest BCUT2D eigenvalue weighted by molar-refractivity contribution is 0.513. The molecule has 0 N–H and O–H groups in total. The van der Waals surface area contributed by atoms with Crippen LogP contribution in [0.4, 0.5) is 0 Å². The quantitative estimate of drug-likeness (QED) is 0.0578. The Hall–Kier alpha value is -1.28. The molecular formula is C48H64S6. The highest BCUT2D eigenvalue weighted by atomic mass is 32.2. The van der Waals surface area contributed by atoms with Gasteiger partial charge in [-0.3, -0.25) is 0 Å². The fourth-order valence-electron chi connectivity index (χ4n) is 8.35. The highest BCUT2D eigenvalue weighted by Crippen LogP contribution is 2.59. The minimum Gasteiger partial charge on any atom is -0.147 e. The molecule has 4 aromatic rings. The molecule has 6 heteroatoms. The molecule has 0 aliphatic carbocycles. The third-order valence-electron chi connectivity index (χ3n) is 11.4. The Morgan fingerprint density at radius 2 is 1.13 bits per heavy atom.